The molecule has 0 fully saturated rings. The van der Waals surface area contributed by atoms with Gasteiger partial charge in [0, 0.05) is 11.6 Å². The molecule has 0 heterocycles. The fraction of sp³-hybridized carbons (Fsp3) is 0.259. The van der Waals surface area contributed by atoms with Gasteiger partial charge in [0.05, 0.1) is 24.7 Å². The maximum atomic E-state index is 11.7. The molecule has 6 nitrogen and oxygen atoms in total. The second-order valence-electron chi connectivity index (χ2n) is 7.89. The molecule has 0 bridgehead atoms. The molecule has 0 amide bonds. The summed E-state index contributed by atoms with van der Waals surface area (Å²) in [4.78, 5) is 11.7. The summed E-state index contributed by atoms with van der Waals surface area (Å²) in [5.41, 5.74) is 9.84. The minimum atomic E-state index is -0.410. The number of nitrogens with two attached hydrogens (primary N) is 1. The van der Waals surface area contributed by atoms with Crippen LogP contribution in [0.25, 0.3) is 0 Å². The lowest BCUT2D eigenvalue weighted by Crippen LogP contribution is -2.17. The zero-order valence-corrected chi connectivity index (χ0v) is 18.5. The Morgan fingerprint density at radius 3 is 2.52 bits per heavy atom. The summed E-state index contributed by atoms with van der Waals surface area (Å²) in [5, 5.41) is 8.96. The topological polar surface area (TPSA) is 94.6 Å². The highest BCUT2D eigenvalue weighted by Crippen LogP contribution is 2.41. The second-order valence-corrected chi connectivity index (χ2v) is 7.89. The maximum absolute atomic E-state index is 11.7. The van der Waals surface area contributed by atoms with Gasteiger partial charge in [-0.3, -0.25) is 4.79 Å². The van der Waals surface area contributed by atoms with Crippen LogP contribution >= 0.6 is 0 Å². The Morgan fingerprint density at radius 1 is 1.09 bits per heavy atom. The van der Waals surface area contributed by atoms with Gasteiger partial charge in [-0.1, -0.05) is 24.3 Å². The summed E-state index contributed by atoms with van der Waals surface area (Å²) in [5.74, 6) is 1.95. The Balaban J connectivity index is 1.43. The molecule has 33 heavy (non-hydrogen) atoms. The molecular formula is C27H26N2O4. The van der Waals surface area contributed by atoms with Gasteiger partial charge in [0.2, 0.25) is 0 Å². The Labute approximate surface area is 193 Å². The third-order valence-corrected chi connectivity index (χ3v) is 5.66. The molecule has 1 aliphatic carbocycles. The number of hydrogen-bond donors (Lipinski definition) is 1. The normalized spacial score (nSPS) is 15.2. The standard InChI is InChI=1S/C27H26N2O4/c1-2-31-27(30)16-24(29)19-8-12-21(13-9-19)33-26-15-14-23-22(26)4-3-5-25(23)32-20-10-6-18(17-28)7-11-20/h3-13,24,26H,2,14-16,29H2,1H3/t24?,26-/m1/s1. The quantitative estimate of drug-likeness (QED) is 0.471. The van der Waals surface area contributed by atoms with E-state index in [0.717, 1.165) is 41.0 Å². The molecule has 6 heteroatoms. The monoisotopic (exact) mass is 442 g/mol. The van der Waals surface area contributed by atoms with Gasteiger partial charge in [0.15, 0.2) is 0 Å². The van der Waals surface area contributed by atoms with E-state index in [2.05, 4.69) is 12.1 Å². The van der Waals surface area contributed by atoms with E-state index in [1.54, 1.807) is 31.2 Å². The van der Waals surface area contributed by atoms with E-state index in [-0.39, 0.29) is 18.5 Å². The van der Waals surface area contributed by atoms with Crippen molar-refractivity contribution in [3.05, 3.63) is 89.0 Å². The second kappa shape index (κ2) is 10.2. The lowest BCUT2D eigenvalue weighted by Gasteiger charge is -2.17. The van der Waals surface area contributed by atoms with Crippen molar-refractivity contribution in [1.29, 1.82) is 5.26 Å². The lowest BCUT2D eigenvalue weighted by molar-refractivity contribution is -0.143. The Morgan fingerprint density at radius 2 is 1.82 bits per heavy atom. The fourth-order valence-corrected chi connectivity index (χ4v) is 4.00. The highest BCUT2D eigenvalue weighted by molar-refractivity contribution is 5.70. The van der Waals surface area contributed by atoms with E-state index < -0.39 is 6.04 Å². The third-order valence-electron chi connectivity index (χ3n) is 5.66. The molecule has 168 valence electrons. The molecule has 0 radical (unpaired) electrons. The van der Waals surface area contributed by atoms with Gasteiger partial charge < -0.3 is 19.9 Å². The van der Waals surface area contributed by atoms with Gasteiger partial charge in [0.1, 0.15) is 23.4 Å². The van der Waals surface area contributed by atoms with E-state index in [0.29, 0.717) is 17.9 Å². The Bertz CT molecular complexity index is 1150. The van der Waals surface area contributed by atoms with Crippen molar-refractivity contribution < 1.29 is 19.0 Å². The number of fused-ring (bicyclic) bond motifs is 1. The first kappa shape index (κ1) is 22.4. The first-order valence-corrected chi connectivity index (χ1v) is 11.0. The number of nitriles is 1. The van der Waals surface area contributed by atoms with Crippen LogP contribution in [0, 0.1) is 11.3 Å². The van der Waals surface area contributed by atoms with Crippen molar-refractivity contribution in [3.63, 3.8) is 0 Å². The minimum absolute atomic E-state index is 0.0661. The number of hydrogen-bond acceptors (Lipinski definition) is 6. The van der Waals surface area contributed by atoms with Gasteiger partial charge in [-0.2, -0.15) is 5.26 Å². The number of nitrogens with zero attached hydrogens (tertiary/aromatic N) is 1. The lowest BCUT2D eigenvalue weighted by atomic mass is 10.0. The van der Waals surface area contributed by atoms with Crippen molar-refractivity contribution in [2.75, 3.05) is 6.61 Å². The van der Waals surface area contributed by atoms with Gasteiger partial charge in [-0.25, -0.2) is 0 Å². The highest BCUT2D eigenvalue weighted by Gasteiger charge is 2.27. The zero-order chi connectivity index (χ0) is 23.2. The number of carbonyl (C=O) groups excluding carboxylic acids is 1. The van der Waals surface area contributed by atoms with Crippen molar-refractivity contribution in [2.24, 2.45) is 5.73 Å². The summed E-state index contributed by atoms with van der Waals surface area (Å²) < 4.78 is 17.3. The summed E-state index contributed by atoms with van der Waals surface area (Å²) in [6.07, 6.45) is 1.79. The average Bonchev–Trinajstić information content (AvgIpc) is 3.24. The molecule has 2 atom stereocenters. The van der Waals surface area contributed by atoms with Crippen molar-refractivity contribution in [3.8, 4) is 23.3 Å². The van der Waals surface area contributed by atoms with Gasteiger partial charge in [-0.05, 0) is 73.4 Å². The van der Waals surface area contributed by atoms with Crippen LogP contribution in [0.4, 0.5) is 0 Å². The molecule has 0 aliphatic heterocycles. The van der Waals surface area contributed by atoms with Crippen LogP contribution in [0.15, 0.2) is 66.7 Å². The number of carbonyl (C=O) groups is 1. The van der Waals surface area contributed by atoms with E-state index in [1.165, 1.54) is 0 Å². The number of benzene rings is 3. The van der Waals surface area contributed by atoms with Crippen LogP contribution < -0.4 is 15.2 Å². The zero-order valence-electron chi connectivity index (χ0n) is 18.5. The molecule has 0 spiro atoms. The smallest absolute Gasteiger partial charge is 0.307 e. The van der Waals surface area contributed by atoms with Crippen LogP contribution in [0.1, 0.15) is 54.2 Å². The van der Waals surface area contributed by atoms with Crippen molar-refractivity contribution in [2.45, 2.75) is 38.3 Å². The van der Waals surface area contributed by atoms with Crippen LogP contribution in [-0.2, 0) is 16.0 Å². The predicted molar refractivity (Wildman–Crippen MR) is 124 cm³/mol. The molecule has 3 aromatic carbocycles. The Hall–Kier alpha value is -3.82. The molecule has 0 aromatic heterocycles. The summed E-state index contributed by atoms with van der Waals surface area (Å²) in [6.45, 7) is 2.13. The predicted octanol–water partition coefficient (Wildman–Crippen LogP) is 5.37. The SMILES string of the molecule is CCOC(=O)CC(N)c1ccc(O[C@@H]2CCc3c(Oc4ccc(C#N)cc4)cccc32)cc1. The number of ether oxygens (including phenoxy) is 3. The summed E-state index contributed by atoms with van der Waals surface area (Å²) in [7, 11) is 0. The van der Waals surface area contributed by atoms with E-state index in [9.17, 15) is 4.79 Å². The number of esters is 1. The van der Waals surface area contributed by atoms with E-state index in [1.807, 2.05) is 36.4 Å². The first-order valence-electron chi connectivity index (χ1n) is 11.0. The van der Waals surface area contributed by atoms with Gasteiger partial charge in [-0.15, -0.1) is 0 Å². The van der Waals surface area contributed by atoms with Crippen LogP contribution in [-0.4, -0.2) is 12.6 Å². The molecule has 2 N–H and O–H groups in total. The first-order chi connectivity index (χ1) is 16.1. The largest absolute Gasteiger partial charge is 0.486 e. The van der Waals surface area contributed by atoms with Crippen molar-refractivity contribution in [1.82, 2.24) is 0 Å². The van der Waals surface area contributed by atoms with E-state index in [4.69, 9.17) is 25.2 Å². The third kappa shape index (κ3) is 5.33. The van der Waals surface area contributed by atoms with Gasteiger partial charge >= 0.3 is 5.97 Å². The maximum Gasteiger partial charge on any atom is 0.307 e. The van der Waals surface area contributed by atoms with Crippen LogP contribution in [0.5, 0.6) is 17.2 Å². The molecule has 4 rings (SSSR count). The van der Waals surface area contributed by atoms with Crippen molar-refractivity contribution >= 4 is 5.97 Å². The van der Waals surface area contributed by atoms with Crippen LogP contribution in [0.2, 0.25) is 0 Å². The van der Waals surface area contributed by atoms with Gasteiger partial charge in [0.25, 0.3) is 0 Å². The molecule has 0 saturated carbocycles. The number of rotatable bonds is 8. The fourth-order valence-electron chi connectivity index (χ4n) is 4.00. The summed E-state index contributed by atoms with van der Waals surface area (Å²) >= 11 is 0. The molecule has 0 saturated heterocycles. The summed E-state index contributed by atoms with van der Waals surface area (Å²) in [6, 6.07) is 22.3. The van der Waals surface area contributed by atoms with Crippen LogP contribution in [0.3, 0.4) is 0 Å². The molecular weight excluding hydrogens is 416 g/mol. The minimum Gasteiger partial charge on any atom is -0.486 e. The Kier molecular flexibility index (Phi) is 6.92. The molecule has 1 aliphatic rings. The molecule has 1 unspecified atom stereocenters. The van der Waals surface area contributed by atoms with E-state index >= 15 is 0 Å². The average molecular weight is 443 g/mol. The molecule has 3 aromatic rings. The highest BCUT2D eigenvalue weighted by atomic mass is 16.5.